The van der Waals surface area contributed by atoms with Crippen molar-refractivity contribution in [3.63, 3.8) is 0 Å². The van der Waals surface area contributed by atoms with Crippen molar-refractivity contribution in [1.82, 2.24) is 4.90 Å². The molecular weight excluding hydrogens is 342 g/mol. The van der Waals surface area contributed by atoms with Gasteiger partial charge in [-0.1, -0.05) is 30.4 Å². The smallest absolute Gasteiger partial charge is 0.410 e. The van der Waals surface area contributed by atoms with Crippen molar-refractivity contribution < 1.29 is 19.1 Å². The van der Waals surface area contributed by atoms with E-state index in [1.807, 2.05) is 37.8 Å². The summed E-state index contributed by atoms with van der Waals surface area (Å²) < 4.78 is 11.3. The molecular formula is C22H27NO4. The molecule has 27 heavy (non-hydrogen) atoms. The lowest BCUT2D eigenvalue weighted by atomic mass is 9.79. The molecule has 2 aliphatic heterocycles. The molecule has 0 N–H and O–H groups in total. The summed E-state index contributed by atoms with van der Waals surface area (Å²) in [6, 6.07) is 5.76. The highest BCUT2D eigenvalue weighted by atomic mass is 16.6. The lowest BCUT2D eigenvalue weighted by Gasteiger charge is -2.48. The van der Waals surface area contributed by atoms with Gasteiger partial charge in [-0.25, -0.2) is 4.79 Å². The number of hydrogen-bond donors (Lipinski definition) is 0. The molecule has 2 fully saturated rings. The average Bonchev–Trinajstić information content (AvgIpc) is 3.07. The third-order valence-electron chi connectivity index (χ3n) is 5.59. The number of allylic oxidation sites excluding steroid dienone is 1. The van der Waals surface area contributed by atoms with Crippen molar-refractivity contribution >= 4 is 18.0 Å². The van der Waals surface area contributed by atoms with E-state index in [0.717, 1.165) is 23.1 Å². The summed E-state index contributed by atoms with van der Waals surface area (Å²) in [5.74, 6) is 0.131. The quantitative estimate of drug-likeness (QED) is 0.743. The van der Waals surface area contributed by atoms with Gasteiger partial charge in [0.2, 0.25) is 0 Å². The average molecular weight is 369 g/mol. The monoisotopic (exact) mass is 369 g/mol. The fourth-order valence-corrected chi connectivity index (χ4v) is 4.49. The van der Waals surface area contributed by atoms with Crippen molar-refractivity contribution in [2.45, 2.75) is 57.7 Å². The van der Waals surface area contributed by atoms with Crippen LogP contribution >= 0.6 is 0 Å². The van der Waals surface area contributed by atoms with Gasteiger partial charge in [0.25, 0.3) is 0 Å². The number of rotatable bonds is 2. The van der Waals surface area contributed by atoms with Gasteiger partial charge in [0.15, 0.2) is 5.78 Å². The SMILES string of the molecule is CC(C)(C)OC(=O)N1C2COCC1CC(C(=O)c1cccc3c1CC=C3)C2. The van der Waals surface area contributed by atoms with Crippen LogP contribution in [0.1, 0.15) is 55.1 Å². The Bertz CT molecular complexity index is 778. The van der Waals surface area contributed by atoms with Crippen LogP contribution in [0.2, 0.25) is 0 Å². The molecule has 0 saturated carbocycles. The lowest BCUT2D eigenvalue weighted by molar-refractivity contribution is -0.0861. The highest BCUT2D eigenvalue weighted by Crippen LogP contribution is 2.36. The van der Waals surface area contributed by atoms with Crippen molar-refractivity contribution in [3.05, 3.63) is 41.0 Å². The van der Waals surface area contributed by atoms with E-state index < -0.39 is 5.60 Å². The van der Waals surface area contributed by atoms with Gasteiger partial charge >= 0.3 is 6.09 Å². The first-order chi connectivity index (χ1) is 12.8. The molecule has 5 nitrogen and oxygen atoms in total. The maximum Gasteiger partial charge on any atom is 0.410 e. The highest BCUT2D eigenvalue weighted by molar-refractivity contribution is 6.00. The number of morpholine rings is 1. The number of fused-ring (bicyclic) bond motifs is 3. The first kappa shape index (κ1) is 18.2. The highest BCUT2D eigenvalue weighted by Gasteiger charge is 2.45. The third kappa shape index (κ3) is 3.53. The Hall–Kier alpha value is -2.14. The summed E-state index contributed by atoms with van der Waals surface area (Å²) >= 11 is 0. The Morgan fingerprint density at radius 1 is 1.15 bits per heavy atom. The fourth-order valence-electron chi connectivity index (χ4n) is 4.49. The second-order valence-corrected chi connectivity index (χ2v) is 8.75. The van der Waals surface area contributed by atoms with E-state index in [9.17, 15) is 9.59 Å². The topological polar surface area (TPSA) is 55.8 Å². The molecule has 3 aliphatic rings. The van der Waals surface area contributed by atoms with E-state index in [-0.39, 0.29) is 29.9 Å². The van der Waals surface area contributed by atoms with Gasteiger partial charge in [0.1, 0.15) is 5.60 Å². The van der Waals surface area contributed by atoms with Gasteiger partial charge in [-0.15, -0.1) is 0 Å². The number of ether oxygens (including phenoxy) is 2. The molecule has 144 valence electrons. The van der Waals surface area contributed by atoms with Crippen LogP contribution in [0, 0.1) is 5.92 Å². The predicted molar refractivity (Wildman–Crippen MR) is 103 cm³/mol. The fraction of sp³-hybridized carbons (Fsp3) is 0.545. The van der Waals surface area contributed by atoms with Crippen LogP contribution in [-0.4, -0.2) is 47.7 Å². The normalized spacial score (nSPS) is 26.6. The molecule has 2 bridgehead atoms. The molecule has 2 unspecified atom stereocenters. The molecule has 0 aromatic heterocycles. The molecule has 1 amide bonds. The molecule has 2 saturated heterocycles. The standard InChI is InChI=1S/C22H27NO4/c1-22(2,3)27-21(25)23-16-10-15(11-17(23)13-26-12-16)20(24)19-9-5-7-14-6-4-8-18(14)19/h4-7,9,15-17H,8,10-13H2,1-3H3. The minimum Gasteiger partial charge on any atom is -0.444 e. The van der Waals surface area contributed by atoms with Crippen LogP contribution in [-0.2, 0) is 15.9 Å². The molecule has 4 rings (SSSR count). The number of ketones is 1. The Morgan fingerprint density at radius 2 is 1.85 bits per heavy atom. The Kier molecular flexibility index (Phi) is 4.58. The van der Waals surface area contributed by atoms with E-state index in [4.69, 9.17) is 9.47 Å². The van der Waals surface area contributed by atoms with Crippen LogP contribution < -0.4 is 0 Å². The summed E-state index contributed by atoms with van der Waals surface area (Å²) in [7, 11) is 0. The molecule has 1 aromatic carbocycles. The molecule has 2 atom stereocenters. The zero-order chi connectivity index (χ0) is 19.2. The second kappa shape index (κ2) is 6.79. The van der Waals surface area contributed by atoms with Crippen molar-refractivity contribution in [1.29, 1.82) is 0 Å². The number of piperidine rings is 1. The predicted octanol–water partition coefficient (Wildman–Crippen LogP) is 3.85. The molecule has 2 heterocycles. The van der Waals surface area contributed by atoms with Gasteiger partial charge in [-0.3, -0.25) is 9.69 Å². The minimum atomic E-state index is -0.531. The molecule has 1 aliphatic carbocycles. The van der Waals surface area contributed by atoms with Crippen LogP contribution in [0.5, 0.6) is 0 Å². The molecule has 1 aromatic rings. The lowest BCUT2D eigenvalue weighted by Crippen LogP contribution is -2.60. The summed E-state index contributed by atoms with van der Waals surface area (Å²) in [5.41, 5.74) is 2.59. The van der Waals surface area contributed by atoms with Gasteiger partial charge in [0.05, 0.1) is 25.3 Å². The summed E-state index contributed by atoms with van der Waals surface area (Å²) in [6.07, 6.45) is 5.98. The maximum absolute atomic E-state index is 13.3. The minimum absolute atomic E-state index is 0.0744. The number of hydrogen-bond acceptors (Lipinski definition) is 4. The zero-order valence-electron chi connectivity index (χ0n) is 16.2. The van der Waals surface area contributed by atoms with Gasteiger partial charge in [-0.05, 0) is 51.2 Å². The molecule has 5 heteroatoms. The number of amides is 1. The number of nitrogens with zero attached hydrogens (tertiary/aromatic N) is 1. The molecule has 0 radical (unpaired) electrons. The van der Waals surface area contributed by atoms with E-state index in [1.54, 1.807) is 0 Å². The van der Waals surface area contributed by atoms with E-state index in [2.05, 4.69) is 18.2 Å². The number of carbonyl (C=O) groups excluding carboxylic acids is 2. The summed E-state index contributed by atoms with van der Waals surface area (Å²) in [6.45, 7) is 6.55. The van der Waals surface area contributed by atoms with Crippen LogP contribution in [0.3, 0.4) is 0 Å². The largest absolute Gasteiger partial charge is 0.444 e. The summed E-state index contributed by atoms with van der Waals surface area (Å²) in [4.78, 5) is 27.8. The van der Waals surface area contributed by atoms with E-state index in [1.165, 1.54) is 0 Å². The van der Waals surface area contributed by atoms with Crippen molar-refractivity contribution in [2.75, 3.05) is 13.2 Å². The zero-order valence-corrected chi connectivity index (χ0v) is 16.2. The Labute approximate surface area is 160 Å². The number of Topliss-reactive ketones (excluding diaryl/α,β-unsaturated/α-hetero) is 1. The van der Waals surface area contributed by atoms with E-state index >= 15 is 0 Å². The number of carbonyl (C=O) groups is 2. The Balaban J connectivity index is 1.53. The van der Waals surface area contributed by atoms with Crippen LogP contribution in [0.15, 0.2) is 24.3 Å². The third-order valence-corrected chi connectivity index (χ3v) is 5.59. The second-order valence-electron chi connectivity index (χ2n) is 8.75. The maximum atomic E-state index is 13.3. The van der Waals surface area contributed by atoms with Gasteiger partial charge in [-0.2, -0.15) is 0 Å². The summed E-state index contributed by atoms with van der Waals surface area (Å²) in [5, 5.41) is 0. The van der Waals surface area contributed by atoms with E-state index in [0.29, 0.717) is 26.1 Å². The van der Waals surface area contributed by atoms with Crippen molar-refractivity contribution in [2.24, 2.45) is 5.92 Å². The van der Waals surface area contributed by atoms with Crippen molar-refractivity contribution in [3.8, 4) is 0 Å². The first-order valence-electron chi connectivity index (χ1n) is 9.75. The first-order valence-corrected chi connectivity index (χ1v) is 9.75. The van der Waals surface area contributed by atoms with Gasteiger partial charge < -0.3 is 9.47 Å². The van der Waals surface area contributed by atoms with Crippen LogP contribution in [0.4, 0.5) is 4.79 Å². The van der Waals surface area contributed by atoms with Gasteiger partial charge in [0, 0.05) is 11.5 Å². The van der Waals surface area contributed by atoms with Crippen LogP contribution in [0.25, 0.3) is 6.08 Å². The Morgan fingerprint density at radius 3 is 2.52 bits per heavy atom. The number of benzene rings is 1. The molecule has 0 spiro atoms.